The first-order valence-corrected chi connectivity index (χ1v) is 9.97. The van der Waals surface area contributed by atoms with E-state index in [1.807, 2.05) is 18.2 Å². The Morgan fingerprint density at radius 2 is 1.85 bits per heavy atom. The van der Waals surface area contributed by atoms with Gasteiger partial charge in [-0.1, -0.05) is 38.2 Å². The van der Waals surface area contributed by atoms with E-state index >= 15 is 0 Å². The first kappa shape index (κ1) is 21.5. The molecule has 0 amide bonds. The minimum atomic E-state index is -0.121. The summed E-state index contributed by atoms with van der Waals surface area (Å²) in [6.45, 7) is 10.6. The van der Waals surface area contributed by atoms with Crippen molar-refractivity contribution in [1.82, 2.24) is 0 Å². The molecule has 0 fully saturated rings. The average Bonchev–Trinajstić information content (AvgIpc) is 2.65. The molecule has 0 saturated heterocycles. The zero-order valence-corrected chi connectivity index (χ0v) is 18.5. The molecule has 3 nitrogen and oxygen atoms in total. The molecule has 1 aromatic rings. The number of carbonyl (C=O) groups excluding carboxylic acids is 1. The van der Waals surface area contributed by atoms with E-state index in [0.717, 1.165) is 29.3 Å². The number of benzene rings is 1. The zero-order valence-electron chi connectivity index (χ0n) is 16.9. The van der Waals surface area contributed by atoms with Crippen molar-refractivity contribution in [2.45, 2.75) is 46.0 Å². The largest absolute Gasteiger partial charge is 0.496 e. The molecule has 0 aromatic heterocycles. The lowest BCUT2D eigenvalue weighted by Gasteiger charge is -2.22. The predicted octanol–water partition coefficient (Wildman–Crippen LogP) is 6.39. The minimum Gasteiger partial charge on any atom is -0.496 e. The van der Waals surface area contributed by atoms with Gasteiger partial charge in [-0.15, -0.1) is 0 Å². The standard InChI is InChI=1S/C23H29BrO3/c1-15-7-8-17(16(2)20(25)10-12-23(3,4)11-9-15)18-13-19(24)22(27-6)14-21(18)26-5/h9-10,12-14,17H,2,7-8,11H2,1,3-6H3/b12-10+,15-9+. The van der Waals surface area contributed by atoms with E-state index in [-0.39, 0.29) is 17.1 Å². The molecule has 2 rings (SSSR count). The molecular weight excluding hydrogens is 404 g/mol. The van der Waals surface area contributed by atoms with Crippen molar-refractivity contribution in [3.05, 3.63) is 58.1 Å². The van der Waals surface area contributed by atoms with E-state index < -0.39 is 0 Å². The van der Waals surface area contributed by atoms with Crippen LogP contribution in [-0.2, 0) is 4.79 Å². The first-order chi connectivity index (χ1) is 12.7. The van der Waals surface area contributed by atoms with Gasteiger partial charge in [-0.2, -0.15) is 0 Å². The van der Waals surface area contributed by atoms with Crippen LogP contribution in [0.4, 0.5) is 0 Å². The number of methoxy groups -OCH3 is 2. The van der Waals surface area contributed by atoms with Gasteiger partial charge >= 0.3 is 0 Å². The smallest absolute Gasteiger partial charge is 0.181 e. The number of ketones is 1. The molecule has 0 saturated carbocycles. The van der Waals surface area contributed by atoms with Gasteiger partial charge in [0.15, 0.2) is 5.78 Å². The molecule has 1 aliphatic carbocycles. The van der Waals surface area contributed by atoms with E-state index in [1.54, 1.807) is 20.3 Å². The molecule has 0 N–H and O–H groups in total. The van der Waals surface area contributed by atoms with Gasteiger partial charge in [0.25, 0.3) is 0 Å². The van der Waals surface area contributed by atoms with Crippen LogP contribution in [0.2, 0.25) is 0 Å². The van der Waals surface area contributed by atoms with Crippen LogP contribution in [0.25, 0.3) is 0 Å². The van der Waals surface area contributed by atoms with Gasteiger partial charge in [0.2, 0.25) is 0 Å². The highest BCUT2D eigenvalue weighted by Crippen LogP contribution is 2.41. The second kappa shape index (κ2) is 8.92. The lowest BCUT2D eigenvalue weighted by Crippen LogP contribution is -2.12. The molecule has 0 aliphatic heterocycles. The lowest BCUT2D eigenvalue weighted by atomic mass is 9.84. The van der Waals surface area contributed by atoms with Gasteiger partial charge in [0, 0.05) is 17.5 Å². The number of hydrogen-bond donors (Lipinski definition) is 0. The Balaban J connectivity index is 2.52. The summed E-state index contributed by atoms with van der Waals surface area (Å²) in [5.74, 6) is 1.25. The van der Waals surface area contributed by atoms with Crippen LogP contribution >= 0.6 is 15.9 Å². The normalized spacial score (nSPS) is 23.8. The van der Waals surface area contributed by atoms with Crippen LogP contribution in [0.1, 0.15) is 51.5 Å². The number of ether oxygens (including phenoxy) is 2. The van der Waals surface area contributed by atoms with Crippen molar-refractivity contribution in [3.8, 4) is 11.5 Å². The number of allylic oxidation sites excluding steroid dienone is 5. The fourth-order valence-corrected chi connectivity index (χ4v) is 3.76. The van der Waals surface area contributed by atoms with Gasteiger partial charge in [-0.05, 0) is 65.2 Å². The molecular formula is C23H29BrO3. The Hall–Kier alpha value is -1.81. The van der Waals surface area contributed by atoms with E-state index in [9.17, 15) is 4.79 Å². The van der Waals surface area contributed by atoms with Crippen molar-refractivity contribution in [1.29, 1.82) is 0 Å². The van der Waals surface area contributed by atoms with Gasteiger partial charge in [-0.25, -0.2) is 0 Å². The quantitative estimate of drug-likeness (QED) is 0.409. The fraction of sp³-hybridized carbons (Fsp3) is 0.435. The van der Waals surface area contributed by atoms with Gasteiger partial charge < -0.3 is 9.47 Å². The topological polar surface area (TPSA) is 35.5 Å². The molecule has 146 valence electrons. The molecule has 1 unspecified atom stereocenters. The summed E-state index contributed by atoms with van der Waals surface area (Å²) < 4.78 is 11.8. The molecule has 4 heteroatoms. The van der Waals surface area contributed by atoms with Crippen LogP contribution in [-0.4, -0.2) is 20.0 Å². The summed E-state index contributed by atoms with van der Waals surface area (Å²) in [6, 6.07) is 3.83. The van der Waals surface area contributed by atoms with E-state index in [0.29, 0.717) is 17.1 Å². The highest BCUT2D eigenvalue weighted by atomic mass is 79.9. The second-order valence-corrected chi connectivity index (χ2v) is 8.64. The van der Waals surface area contributed by atoms with Crippen molar-refractivity contribution in [3.63, 3.8) is 0 Å². The Bertz CT molecular complexity index is 787. The molecule has 0 spiro atoms. The Kier molecular flexibility index (Phi) is 7.10. The van der Waals surface area contributed by atoms with Crippen molar-refractivity contribution in [2.24, 2.45) is 5.41 Å². The summed E-state index contributed by atoms with van der Waals surface area (Å²) in [5, 5.41) is 0. The number of rotatable bonds is 3. The Morgan fingerprint density at radius 1 is 1.19 bits per heavy atom. The van der Waals surface area contributed by atoms with Crippen LogP contribution in [0.3, 0.4) is 0 Å². The van der Waals surface area contributed by atoms with Gasteiger partial charge in [-0.3, -0.25) is 4.79 Å². The maximum atomic E-state index is 12.8. The molecule has 0 radical (unpaired) electrons. The maximum absolute atomic E-state index is 12.8. The van der Waals surface area contributed by atoms with E-state index in [2.05, 4.69) is 49.4 Å². The zero-order chi connectivity index (χ0) is 20.2. The van der Waals surface area contributed by atoms with Gasteiger partial charge in [0.1, 0.15) is 11.5 Å². The van der Waals surface area contributed by atoms with Crippen LogP contribution < -0.4 is 9.47 Å². The molecule has 1 aliphatic rings. The third-order valence-corrected chi connectivity index (χ3v) is 5.73. The van der Waals surface area contributed by atoms with Crippen LogP contribution in [0.5, 0.6) is 11.5 Å². The summed E-state index contributed by atoms with van der Waals surface area (Å²) in [7, 11) is 3.25. The summed E-state index contributed by atoms with van der Waals surface area (Å²) in [4.78, 5) is 12.8. The van der Waals surface area contributed by atoms with E-state index in [1.165, 1.54) is 5.57 Å². The highest BCUT2D eigenvalue weighted by Gasteiger charge is 2.25. The molecule has 0 bridgehead atoms. The van der Waals surface area contributed by atoms with Crippen LogP contribution in [0, 0.1) is 5.41 Å². The number of hydrogen-bond acceptors (Lipinski definition) is 3. The first-order valence-electron chi connectivity index (χ1n) is 9.18. The third kappa shape index (κ3) is 5.35. The molecule has 1 atom stereocenters. The average molecular weight is 433 g/mol. The lowest BCUT2D eigenvalue weighted by molar-refractivity contribution is -0.111. The fourth-order valence-electron chi connectivity index (χ4n) is 3.23. The van der Waals surface area contributed by atoms with Crippen LogP contribution in [0.15, 0.2) is 52.6 Å². The number of carbonyl (C=O) groups is 1. The Morgan fingerprint density at radius 3 is 2.48 bits per heavy atom. The third-order valence-electron chi connectivity index (χ3n) is 5.11. The second-order valence-electron chi connectivity index (χ2n) is 7.79. The number of halogens is 1. The molecule has 27 heavy (non-hydrogen) atoms. The van der Waals surface area contributed by atoms with Crippen molar-refractivity contribution < 1.29 is 14.3 Å². The Labute approximate surface area is 171 Å². The minimum absolute atomic E-state index is 0.0263. The summed E-state index contributed by atoms with van der Waals surface area (Å²) in [6.07, 6.45) is 8.57. The maximum Gasteiger partial charge on any atom is 0.181 e. The van der Waals surface area contributed by atoms with Gasteiger partial charge in [0.05, 0.1) is 18.7 Å². The monoisotopic (exact) mass is 432 g/mol. The molecule has 1 aromatic carbocycles. The predicted molar refractivity (Wildman–Crippen MR) is 115 cm³/mol. The van der Waals surface area contributed by atoms with Crippen molar-refractivity contribution in [2.75, 3.05) is 14.2 Å². The summed E-state index contributed by atoms with van der Waals surface area (Å²) in [5.41, 5.74) is 2.81. The van der Waals surface area contributed by atoms with Crippen molar-refractivity contribution >= 4 is 21.7 Å². The van der Waals surface area contributed by atoms with E-state index in [4.69, 9.17) is 9.47 Å². The highest BCUT2D eigenvalue weighted by molar-refractivity contribution is 9.10. The summed E-state index contributed by atoms with van der Waals surface area (Å²) >= 11 is 3.55. The SMILES string of the molecule is C=C1C(=O)/C=C/C(C)(C)C/C=C(\C)CCC1c1cc(Br)c(OC)cc1OC. The molecule has 0 heterocycles.